The van der Waals surface area contributed by atoms with Crippen LogP contribution in [0, 0.1) is 0 Å². The second kappa shape index (κ2) is 8.80. The molecule has 0 aliphatic rings. The molecule has 0 saturated heterocycles. The number of anilines is 1. The molecule has 0 atom stereocenters. The van der Waals surface area contributed by atoms with Crippen LogP contribution in [0.1, 0.15) is 33.6 Å². The van der Waals surface area contributed by atoms with Gasteiger partial charge in [0, 0.05) is 0 Å². The molecule has 1 N–H and O–H groups in total. The lowest BCUT2D eigenvalue weighted by molar-refractivity contribution is 0.311. The molecule has 0 bridgehead atoms. The Morgan fingerprint density at radius 3 is 2.39 bits per heavy atom. The van der Waals surface area contributed by atoms with Gasteiger partial charge in [0.15, 0.2) is 0 Å². The number of para-hydroxylation sites is 2. The van der Waals surface area contributed by atoms with Crippen molar-refractivity contribution in [2.75, 3.05) is 17.6 Å². The molecule has 0 spiro atoms. The molecule has 0 amide bonds. The monoisotopic (exact) mass is 273 g/mol. The predicted molar refractivity (Wildman–Crippen MR) is 76.7 cm³/mol. The Morgan fingerprint density at radius 1 is 1.22 bits per heavy atom. The lowest BCUT2D eigenvalue weighted by Gasteiger charge is -2.11. The summed E-state index contributed by atoms with van der Waals surface area (Å²) in [5.74, 6) is 0.571. The average Bonchev–Trinajstić information content (AvgIpc) is 2.32. The average molecular weight is 273 g/mol. The molecule has 0 radical (unpaired) electrons. The van der Waals surface area contributed by atoms with Crippen LogP contribution in [-0.4, -0.2) is 21.3 Å². The van der Waals surface area contributed by atoms with Crippen molar-refractivity contribution in [3.05, 3.63) is 24.3 Å². The van der Waals surface area contributed by atoms with E-state index >= 15 is 0 Å². The van der Waals surface area contributed by atoms with Crippen molar-refractivity contribution in [3.8, 4) is 5.75 Å². The molecule has 0 aromatic heterocycles. The van der Waals surface area contributed by atoms with E-state index in [0.29, 0.717) is 18.0 Å². The number of sulfonamides is 1. The minimum atomic E-state index is -3.26. The van der Waals surface area contributed by atoms with E-state index in [1.54, 1.807) is 18.2 Å². The lowest BCUT2D eigenvalue weighted by atomic mass is 10.3. The first-order valence-electron chi connectivity index (χ1n) is 6.22. The lowest BCUT2D eigenvalue weighted by Crippen LogP contribution is -2.11. The largest absolute Gasteiger partial charge is 0.491 e. The van der Waals surface area contributed by atoms with Crippen LogP contribution in [0.15, 0.2) is 24.3 Å². The smallest absolute Gasteiger partial charge is 0.229 e. The molecule has 1 aromatic rings. The van der Waals surface area contributed by atoms with Crippen molar-refractivity contribution >= 4 is 15.7 Å². The Morgan fingerprint density at radius 2 is 1.83 bits per heavy atom. The molecule has 0 aliphatic heterocycles. The summed E-state index contributed by atoms with van der Waals surface area (Å²) in [4.78, 5) is 0. The predicted octanol–water partition coefficient (Wildman–Crippen LogP) is 3.26. The van der Waals surface area contributed by atoms with Crippen LogP contribution < -0.4 is 9.46 Å². The van der Waals surface area contributed by atoms with Gasteiger partial charge in [0.1, 0.15) is 5.75 Å². The third kappa shape index (κ3) is 7.17. The summed E-state index contributed by atoms with van der Waals surface area (Å²) in [6, 6.07) is 7.01. The van der Waals surface area contributed by atoms with Crippen molar-refractivity contribution in [2.24, 2.45) is 0 Å². The summed E-state index contributed by atoms with van der Waals surface area (Å²) in [7, 11) is -3.26. The highest BCUT2D eigenvalue weighted by Crippen LogP contribution is 2.24. The fraction of sp³-hybridized carbons (Fsp3) is 0.538. The minimum Gasteiger partial charge on any atom is -0.491 e. The van der Waals surface area contributed by atoms with E-state index in [1.165, 1.54) is 0 Å². The van der Waals surface area contributed by atoms with Gasteiger partial charge < -0.3 is 4.74 Å². The molecule has 0 heterocycles. The quantitative estimate of drug-likeness (QED) is 0.809. The van der Waals surface area contributed by atoms with Gasteiger partial charge >= 0.3 is 0 Å². The molecule has 0 unspecified atom stereocenters. The Labute approximate surface area is 110 Å². The van der Waals surface area contributed by atoms with Gasteiger partial charge in [0.05, 0.1) is 18.6 Å². The second-order valence-corrected chi connectivity index (χ2v) is 5.32. The number of rotatable bonds is 6. The maximum atomic E-state index is 11.1. The van der Waals surface area contributed by atoms with Crippen molar-refractivity contribution in [2.45, 2.75) is 33.6 Å². The van der Waals surface area contributed by atoms with E-state index in [9.17, 15) is 8.42 Å². The van der Waals surface area contributed by atoms with E-state index in [1.807, 2.05) is 19.9 Å². The van der Waals surface area contributed by atoms with E-state index in [-0.39, 0.29) is 0 Å². The van der Waals surface area contributed by atoms with Gasteiger partial charge in [-0.1, -0.05) is 39.3 Å². The minimum absolute atomic E-state index is 0.487. The summed E-state index contributed by atoms with van der Waals surface area (Å²) in [6.45, 7) is 6.67. The Balaban J connectivity index is 0.00000137. The molecule has 0 saturated carbocycles. The molecule has 1 rings (SSSR count). The molecule has 5 heteroatoms. The first-order chi connectivity index (χ1) is 8.53. The van der Waals surface area contributed by atoms with Crippen LogP contribution >= 0.6 is 0 Å². The summed E-state index contributed by atoms with van der Waals surface area (Å²) in [6.07, 6.45) is 3.12. The number of unbranched alkanes of at least 4 members (excludes halogenated alkanes) is 1. The first-order valence-corrected chi connectivity index (χ1v) is 8.11. The van der Waals surface area contributed by atoms with Crippen LogP contribution in [0.4, 0.5) is 5.69 Å². The molecular weight excluding hydrogens is 250 g/mol. The Kier molecular flexibility index (Phi) is 8.20. The zero-order valence-electron chi connectivity index (χ0n) is 11.6. The van der Waals surface area contributed by atoms with E-state index in [4.69, 9.17) is 4.74 Å². The van der Waals surface area contributed by atoms with E-state index in [2.05, 4.69) is 11.6 Å². The van der Waals surface area contributed by atoms with E-state index in [0.717, 1.165) is 19.1 Å². The highest BCUT2D eigenvalue weighted by atomic mass is 32.2. The summed E-state index contributed by atoms with van der Waals surface area (Å²) in [5, 5.41) is 0. The molecule has 0 aliphatic carbocycles. The zero-order valence-corrected chi connectivity index (χ0v) is 12.4. The van der Waals surface area contributed by atoms with Gasteiger partial charge in [0.2, 0.25) is 10.0 Å². The van der Waals surface area contributed by atoms with Gasteiger partial charge in [-0.3, -0.25) is 4.72 Å². The van der Waals surface area contributed by atoms with Crippen molar-refractivity contribution < 1.29 is 13.2 Å². The summed E-state index contributed by atoms with van der Waals surface area (Å²) < 4.78 is 30.2. The molecular formula is C13H23NO3S. The SMILES string of the molecule is CC.CCCCOc1ccccc1NS(C)(=O)=O. The molecule has 18 heavy (non-hydrogen) atoms. The number of hydrogen-bond acceptors (Lipinski definition) is 3. The highest BCUT2D eigenvalue weighted by Gasteiger charge is 2.07. The van der Waals surface area contributed by atoms with Crippen molar-refractivity contribution in [1.82, 2.24) is 0 Å². The first kappa shape index (κ1) is 16.8. The summed E-state index contributed by atoms with van der Waals surface area (Å²) in [5.41, 5.74) is 0.487. The third-order valence-corrected chi connectivity index (χ3v) is 2.53. The summed E-state index contributed by atoms with van der Waals surface area (Å²) >= 11 is 0. The number of hydrogen-bond donors (Lipinski definition) is 1. The van der Waals surface area contributed by atoms with Crippen molar-refractivity contribution in [1.29, 1.82) is 0 Å². The third-order valence-electron chi connectivity index (χ3n) is 1.94. The number of nitrogens with one attached hydrogen (secondary N) is 1. The Hall–Kier alpha value is -1.23. The molecule has 4 nitrogen and oxygen atoms in total. The fourth-order valence-electron chi connectivity index (χ4n) is 1.20. The normalized spacial score (nSPS) is 10.2. The second-order valence-electron chi connectivity index (χ2n) is 3.57. The number of benzene rings is 1. The number of ether oxygens (including phenoxy) is 1. The molecule has 1 aromatic carbocycles. The van der Waals surface area contributed by atoms with Gasteiger partial charge in [-0.15, -0.1) is 0 Å². The van der Waals surface area contributed by atoms with E-state index < -0.39 is 10.0 Å². The van der Waals surface area contributed by atoms with Crippen LogP contribution in [0.25, 0.3) is 0 Å². The molecule has 0 fully saturated rings. The standard InChI is InChI=1S/C11H17NO3S.C2H6/c1-3-4-9-15-11-8-6-5-7-10(11)12-16(2,13)14;1-2/h5-8,12H,3-4,9H2,1-2H3;1-2H3. The highest BCUT2D eigenvalue weighted by molar-refractivity contribution is 7.92. The van der Waals surface area contributed by atoms with Gasteiger partial charge in [-0.2, -0.15) is 0 Å². The topological polar surface area (TPSA) is 55.4 Å². The van der Waals surface area contributed by atoms with Crippen LogP contribution in [0.5, 0.6) is 5.75 Å². The van der Waals surface area contributed by atoms with Crippen molar-refractivity contribution in [3.63, 3.8) is 0 Å². The van der Waals surface area contributed by atoms with Gasteiger partial charge in [-0.25, -0.2) is 8.42 Å². The fourth-order valence-corrected chi connectivity index (χ4v) is 1.77. The maximum absolute atomic E-state index is 11.1. The van der Waals surface area contributed by atoms with Crippen LogP contribution in [0.2, 0.25) is 0 Å². The maximum Gasteiger partial charge on any atom is 0.229 e. The molecule has 104 valence electrons. The Bertz CT molecular complexity index is 430. The van der Waals surface area contributed by atoms with Gasteiger partial charge in [0.25, 0.3) is 0 Å². The van der Waals surface area contributed by atoms with Crippen LogP contribution in [0.3, 0.4) is 0 Å². The zero-order chi connectivity index (χ0) is 14.0. The van der Waals surface area contributed by atoms with Crippen LogP contribution in [-0.2, 0) is 10.0 Å². The van der Waals surface area contributed by atoms with Gasteiger partial charge in [-0.05, 0) is 18.6 Å².